The largest absolute Gasteiger partial charge is 0.328 e. The molecule has 0 saturated carbocycles. The van der Waals surface area contributed by atoms with E-state index in [1.807, 2.05) is 0 Å². The summed E-state index contributed by atoms with van der Waals surface area (Å²) in [6, 6.07) is 4.62. The van der Waals surface area contributed by atoms with E-state index in [-0.39, 0.29) is 17.8 Å². The predicted molar refractivity (Wildman–Crippen MR) is 73.4 cm³/mol. The molecule has 3 N–H and O–H groups in total. The minimum atomic E-state index is -0.291. The zero-order valence-corrected chi connectivity index (χ0v) is 11.2. The molecule has 1 aromatic carbocycles. The Morgan fingerprint density at radius 3 is 2.79 bits per heavy atom. The van der Waals surface area contributed by atoms with Gasteiger partial charge < -0.3 is 11.1 Å². The number of hydrogen-bond donors (Lipinski definition) is 2. The van der Waals surface area contributed by atoms with Crippen LogP contribution in [0.5, 0.6) is 0 Å². The molecule has 1 fully saturated rings. The number of carbonyl (C=O) groups excluding carboxylic acids is 1. The van der Waals surface area contributed by atoms with E-state index in [1.54, 1.807) is 13.0 Å². The molecule has 1 aliphatic heterocycles. The molecule has 0 radical (unpaired) electrons. The minimum absolute atomic E-state index is 0.0646. The number of hydrogen-bond acceptors (Lipinski definition) is 3. The number of anilines is 1. The molecule has 4 nitrogen and oxygen atoms in total. The highest BCUT2D eigenvalue weighted by molar-refractivity contribution is 5.92. The summed E-state index contributed by atoms with van der Waals surface area (Å²) in [4.78, 5) is 14.0. The van der Waals surface area contributed by atoms with Gasteiger partial charge in [0.1, 0.15) is 5.82 Å². The van der Waals surface area contributed by atoms with Gasteiger partial charge in [-0.3, -0.25) is 9.69 Å². The average Bonchev–Trinajstić information content (AvgIpc) is 2.36. The summed E-state index contributed by atoms with van der Waals surface area (Å²) in [6.07, 6.45) is 1.87. The van der Waals surface area contributed by atoms with Crippen LogP contribution < -0.4 is 11.1 Å². The van der Waals surface area contributed by atoms with Crippen LogP contribution in [-0.2, 0) is 4.79 Å². The van der Waals surface area contributed by atoms with Gasteiger partial charge in [0, 0.05) is 24.8 Å². The van der Waals surface area contributed by atoms with Gasteiger partial charge in [0.15, 0.2) is 0 Å². The molecule has 5 heteroatoms. The van der Waals surface area contributed by atoms with Crippen molar-refractivity contribution in [2.75, 3.05) is 25.0 Å². The van der Waals surface area contributed by atoms with Crippen LogP contribution in [0.25, 0.3) is 0 Å². The fourth-order valence-corrected chi connectivity index (χ4v) is 2.27. The van der Waals surface area contributed by atoms with Gasteiger partial charge >= 0.3 is 0 Å². The van der Waals surface area contributed by atoms with Gasteiger partial charge in [0.25, 0.3) is 0 Å². The van der Waals surface area contributed by atoms with Crippen molar-refractivity contribution in [2.45, 2.75) is 25.8 Å². The molecule has 1 saturated heterocycles. The van der Waals surface area contributed by atoms with E-state index in [0.717, 1.165) is 31.5 Å². The van der Waals surface area contributed by atoms with Crippen molar-refractivity contribution < 1.29 is 9.18 Å². The second-order valence-electron chi connectivity index (χ2n) is 5.12. The van der Waals surface area contributed by atoms with Crippen LogP contribution in [0.4, 0.5) is 10.1 Å². The Morgan fingerprint density at radius 1 is 1.47 bits per heavy atom. The first-order valence-electron chi connectivity index (χ1n) is 6.58. The third-order valence-electron chi connectivity index (χ3n) is 3.46. The van der Waals surface area contributed by atoms with Crippen LogP contribution >= 0.6 is 0 Å². The van der Waals surface area contributed by atoms with E-state index < -0.39 is 0 Å². The first kappa shape index (κ1) is 14.0. The van der Waals surface area contributed by atoms with Crippen LogP contribution in [0.3, 0.4) is 0 Å². The van der Waals surface area contributed by atoms with Gasteiger partial charge in [-0.25, -0.2) is 4.39 Å². The number of likely N-dealkylation sites (tertiary alicyclic amines) is 1. The van der Waals surface area contributed by atoms with Crippen LogP contribution in [0, 0.1) is 12.7 Å². The van der Waals surface area contributed by atoms with Gasteiger partial charge in [-0.05, 0) is 43.5 Å². The molecule has 0 unspecified atom stereocenters. The summed E-state index contributed by atoms with van der Waals surface area (Å²) in [5.74, 6) is -0.356. The molecular weight excluding hydrogens is 245 g/mol. The normalized spacial score (nSPS) is 17.4. The van der Waals surface area contributed by atoms with Crippen LogP contribution in [0.2, 0.25) is 0 Å². The number of amides is 1. The van der Waals surface area contributed by atoms with Crippen molar-refractivity contribution in [1.82, 2.24) is 4.90 Å². The maximum Gasteiger partial charge on any atom is 0.238 e. The zero-order valence-electron chi connectivity index (χ0n) is 11.2. The third kappa shape index (κ3) is 4.01. The summed E-state index contributed by atoms with van der Waals surface area (Å²) >= 11 is 0. The summed E-state index contributed by atoms with van der Waals surface area (Å²) in [6.45, 7) is 3.86. The number of halogens is 1. The second-order valence-corrected chi connectivity index (χ2v) is 5.12. The first-order valence-corrected chi connectivity index (χ1v) is 6.58. The van der Waals surface area contributed by atoms with Gasteiger partial charge in [-0.2, -0.15) is 0 Å². The van der Waals surface area contributed by atoms with Gasteiger partial charge in [0.05, 0.1) is 6.54 Å². The Bertz CT molecular complexity index is 456. The van der Waals surface area contributed by atoms with E-state index in [0.29, 0.717) is 12.2 Å². The molecule has 1 aliphatic rings. The fourth-order valence-electron chi connectivity index (χ4n) is 2.27. The Hall–Kier alpha value is -1.46. The lowest BCUT2D eigenvalue weighted by atomic mass is 10.1. The molecule has 19 heavy (non-hydrogen) atoms. The lowest BCUT2D eigenvalue weighted by molar-refractivity contribution is -0.117. The molecule has 2 rings (SSSR count). The molecule has 104 valence electrons. The Labute approximate surface area is 112 Å². The summed E-state index contributed by atoms with van der Waals surface area (Å²) in [5.41, 5.74) is 7.22. The Balaban J connectivity index is 1.87. The SMILES string of the molecule is Cc1cc(F)ccc1NC(=O)CN1CCC(N)CC1. The summed E-state index contributed by atoms with van der Waals surface area (Å²) in [5, 5.41) is 2.82. The number of piperidine rings is 1. The van der Waals surface area contributed by atoms with E-state index in [2.05, 4.69) is 10.2 Å². The highest BCUT2D eigenvalue weighted by Gasteiger charge is 2.18. The highest BCUT2D eigenvalue weighted by atomic mass is 19.1. The van der Waals surface area contributed by atoms with Crippen LogP contribution in [0.15, 0.2) is 18.2 Å². The number of benzene rings is 1. The second kappa shape index (κ2) is 6.12. The molecule has 1 aromatic rings. The molecular formula is C14H20FN3O. The monoisotopic (exact) mass is 265 g/mol. The first-order chi connectivity index (χ1) is 9.04. The lowest BCUT2D eigenvalue weighted by Crippen LogP contribution is -2.43. The van der Waals surface area contributed by atoms with E-state index in [4.69, 9.17) is 5.73 Å². The smallest absolute Gasteiger partial charge is 0.238 e. The van der Waals surface area contributed by atoms with E-state index in [1.165, 1.54) is 12.1 Å². The summed E-state index contributed by atoms with van der Waals surface area (Å²) in [7, 11) is 0. The number of nitrogens with zero attached hydrogens (tertiary/aromatic N) is 1. The lowest BCUT2D eigenvalue weighted by Gasteiger charge is -2.29. The van der Waals surface area contributed by atoms with Crippen molar-refractivity contribution in [3.05, 3.63) is 29.6 Å². The standard InChI is InChI=1S/C14H20FN3O/c1-10-8-11(15)2-3-13(10)17-14(19)9-18-6-4-12(16)5-7-18/h2-3,8,12H,4-7,9,16H2,1H3,(H,17,19). The topological polar surface area (TPSA) is 58.4 Å². The van der Waals surface area contributed by atoms with Crippen LogP contribution in [-0.4, -0.2) is 36.5 Å². The minimum Gasteiger partial charge on any atom is -0.328 e. The maximum atomic E-state index is 13.0. The predicted octanol–water partition coefficient (Wildman–Crippen LogP) is 1.50. The van der Waals surface area contributed by atoms with Crippen molar-refractivity contribution in [1.29, 1.82) is 0 Å². The summed E-state index contributed by atoms with van der Waals surface area (Å²) < 4.78 is 13.0. The van der Waals surface area contributed by atoms with Gasteiger partial charge in [0.2, 0.25) is 5.91 Å². The zero-order chi connectivity index (χ0) is 13.8. The molecule has 0 aromatic heterocycles. The van der Waals surface area contributed by atoms with Gasteiger partial charge in [-0.15, -0.1) is 0 Å². The molecule has 0 spiro atoms. The Morgan fingerprint density at radius 2 is 2.16 bits per heavy atom. The fraction of sp³-hybridized carbons (Fsp3) is 0.500. The highest BCUT2D eigenvalue weighted by Crippen LogP contribution is 2.16. The maximum absolute atomic E-state index is 13.0. The van der Waals surface area contributed by atoms with Crippen molar-refractivity contribution in [2.24, 2.45) is 5.73 Å². The third-order valence-corrected chi connectivity index (χ3v) is 3.46. The molecule has 1 heterocycles. The number of nitrogens with one attached hydrogen (secondary N) is 1. The number of aryl methyl sites for hydroxylation is 1. The van der Waals surface area contributed by atoms with E-state index in [9.17, 15) is 9.18 Å². The average molecular weight is 265 g/mol. The van der Waals surface area contributed by atoms with Crippen molar-refractivity contribution in [3.63, 3.8) is 0 Å². The molecule has 0 bridgehead atoms. The number of nitrogens with two attached hydrogens (primary N) is 1. The van der Waals surface area contributed by atoms with Crippen molar-refractivity contribution >= 4 is 11.6 Å². The number of rotatable bonds is 3. The molecule has 0 aliphatic carbocycles. The molecule has 0 atom stereocenters. The Kier molecular flexibility index (Phi) is 4.50. The van der Waals surface area contributed by atoms with Gasteiger partial charge in [-0.1, -0.05) is 0 Å². The van der Waals surface area contributed by atoms with Crippen molar-refractivity contribution in [3.8, 4) is 0 Å². The van der Waals surface area contributed by atoms with E-state index >= 15 is 0 Å². The quantitative estimate of drug-likeness (QED) is 0.870. The number of carbonyl (C=O) groups is 1. The molecule has 1 amide bonds. The van der Waals surface area contributed by atoms with Crippen LogP contribution in [0.1, 0.15) is 18.4 Å².